The van der Waals surface area contributed by atoms with E-state index in [1.54, 1.807) is 30.5 Å². The maximum atomic E-state index is 12.3. The van der Waals surface area contributed by atoms with Crippen molar-refractivity contribution in [3.05, 3.63) is 51.2 Å². The summed E-state index contributed by atoms with van der Waals surface area (Å²) < 4.78 is 5.09. The second kappa shape index (κ2) is 7.60. The Bertz CT molecular complexity index is 1080. The predicted octanol–water partition coefficient (Wildman–Crippen LogP) is 3.04. The molecule has 7 nitrogen and oxygen atoms in total. The fraction of sp³-hybridized carbons (Fsp3) is 0.263. The van der Waals surface area contributed by atoms with E-state index in [2.05, 4.69) is 15.0 Å². The van der Waals surface area contributed by atoms with Gasteiger partial charge in [0.15, 0.2) is 18.3 Å². The summed E-state index contributed by atoms with van der Waals surface area (Å²) >= 11 is 1.23. The molecule has 0 N–H and O–H groups in total. The summed E-state index contributed by atoms with van der Waals surface area (Å²) in [6.45, 7) is 5.00. The van der Waals surface area contributed by atoms with Crippen molar-refractivity contribution < 1.29 is 14.3 Å². The number of ether oxygens (including phenoxy) is 1. The lowest BCUT2D eigenvalue weighted by Gasteiger charge is -2.08. The molecule has 0 bridgehead atoms. The number of carbonyl (C=O) groups is 2. The Balaban J connectivity index is 1.71. The average Bonchev–Trinajstić information content (AvgIpc) is 3.07. The fourth-order valence-corrected chi connectivity index (χ4v) is 3.29. The highest BCUT2D eigenvalue weighted by Gasteiger charge is 2.24. The lowest BCUT2D eigenvalue weighted by molar-refractivity contribution is -0.122. The number of aromatic nitrogens is 3. The molecule has 8 heteroatoms. The minimum Gasteiger partial charge on any atom is -0.454 e. The van der Waals surface area contributed by atoms with E-state index >= 15 is 0 Å². The maximum Gasteiger partial charge on any atom is 0.338 e. The number of Topliss-reactive ketones (excluding diaryl/α,β-unsaturated/α-hetero) is 1. The zero-order valence-electron chi connectivity index (χ0n) is 15.0. The Labute approximate surface area is 159 Å². The van der Waals surface area contributed by atoms with Gasteiger partial charge in [0.05, 0.1) is 34.1 Å². The van der Waals surface area contributed by atoms with E-state index in [1.807, 2.05) is 19.9 Å². The number of esters is 1. The molecule has 0 aliphatic rings. The van der Waals surface area contributed by atoms with Crippen LogP contribution in [0.15, 0.2) is 23.6 Å². The van der Waals surface area contributed by atoms with Gasteiger partial charge in [-0.1, -0.05) is 0 Å². The first-order valence-corrected chi connectivity index (χ1v) is 9.03. The van der Waals surface area contributed by atoms with Gasteiger partial charge in [-0.15, -0.1) is 11.3 Å². The third kappa shape index (κ3) is 3.99. The number of nitrogens with zero attached hydrogens (tertiary/aromatic N) is 4. The van der Waals surface area contributed by atoms with Crippen LogP contribution in [-0.2, 0) is 9.53 Å². The molecule has 2 heterocycles. The Hall–Kier alpha value is -3.18. The monoisotopic (exact) mass is 380 g/mol. The molecule has 0 radical (unpaired) electrons. The summed E-state index contributed by atoms with van der Waals surface area (Å²) in [7, 11) is 0. The molecule has 0 saturated carbocycles. The van der Waals surface area contributed by atoms with Crippen molar-refractivity contribution in [1.82, 2.24) is 15.0 Å². The van der Waals surface area contributed by atoms with Crippen LogP contribution in [0.1, 0.15) is 38.4 Å². The van der Waals surface area contributed by atoms with E-state index in [1.165, 1.54) is 11.3 Å². The number of rotatable bonds is 5. The van der Waals surface area contributed by atoms with E-state index in [-0.39, 0.29) is 5.56 Å². The van der Waals surface area contributed by atoms with Crippen LogP contribution < -0.4 is 0 Å². The summed E-state index contributed by atoms with van der Waals surface area (Å²) in [6, 6.07) is 6.75. The topological polar surface area (TPSA) is 106 Å². The van der Waals surface area contributed by atoms with Crippen molar-refractivity contribution >= 4 is 34.1 Å². The highest BCUT2D eigenvalue weighted by atomic mass is 32.1. The zero-order chi connectivity index (χ0) is 19.6. The average molecular weight is 380 g/mol. The van der Waals surface area contributed by atoms with Crippen molar-refractivity contribution in [2.75, 3.05) is 6.61 Å². The van der Waals surface area contributed by atoms with Gasteiger partial charge < -0.3 is 4.74 Å². The largest absolute Gasteiger partial charge is 0.454 e. The summed E-state index contributed by atoms with van der Waals surface area (Å²) in [5, 5.41) is 11.4. The normalized spacial score (nSPS) is 11.8. The van der Waals surface area contributed by atoms with Crippen LogP contribution in [0.4, 0.5) is 0 Å². The van der Waals surface area contributed by atoms with Gasteiger partial charge in [0.2, 0.25) is 0 Å². The van der Waals surface area contributed by atoms with E-state index in [0.717, 1.165) is 17.1 Å². The maximum absolute atomic E-state index is 12.3. The first-order valence-electron chi connectivity index (χ1n) is 8.15. The second-order valence-electron chi connectivity index (χ2n) is 6.03. The summed E-state index contributed by atoms with van der Waals surface area (Å²) in [4.78, 5) is 37.5. The van der Waals surface area contributed by atoms with Gasteiger partial charge in [-0.3, -0.25) is 4.79 Å². The molecule has 136 valence electrons. The van der Waals surface area contributed by atoms with Gasteiger partial charge in [-0.25, -0.2) is 19.7 Å². The molecule has 0 aliphatic carbocycles. The Morgan fingerprint density at radius 1 is 1.15 bits per heavy atom. The Morgan fingerprint density at radius 2 is 1.85 bits per heavy atom. The predicted molar refractivity (Wildman–Crippen MR) is 99.5 cm³/mol. The van der Waals surface area contributed by atoms with Crippen LogP contribution in [0.25, 0.3) is 11.0 Å². The number of aryl methyl sites for hydroxylation is 3. The van der Waals surface area contributed by atoms with E-state index in [4.69, 9.17) is 4.74 Å². The van der Waals surface area contributed by atoms with Gasteiger partial charge in [-0.2, -0.15) is 5.26 Å². The molecule has 1 unspecified atom stereocenters. The molecule has 1 atom stereocenters. The highest BCUT2D eigenvalue weighted by molar-refractivity contribution is 7.09. The van der Waals surface area contributed by atoms with Crippen LogP contribution in [0.2, 0.25) is 0 Å². The van der Waals surface area contributed by atoms with Crippen LogP contribution >= 0.6 is 11.3 Å². The Kier molecular flexibility index (Phi) is 5.23. The van der Waals surface area contributed by atoms with E-state index in [9.17, 15) is 14.9 Å². The molecule has 2 aromatic heterocycles. The Morgan fingerprint density at radius 3 is 2.48 bits per heavy atom. The third-order valence-corrected chi connectivity index (χ3v) is 5.02. The van der Waals surface area contributed by atoms with Crippen molar-refractivity contribution in [3.63, 3.8) is 0 Å². The second-order valence-corrected chi connectivity index (χ2v) is 6.92. The number of nitriles is 1. The molecule has 27 heavy (non-hydrogen) atoms. The summed E-state index contributed by atoms with van der Waals surface area (Å²) in [5.41, 5.74) is 3.86. The smallest absolute Gasteiger partial charge is 0.338 e. The van der Waals surface area contributed by atoms with E-state index in [0.29, 0.717) is 16.0 Å². The van der Waals surface area contributed by atoms with Crippen LogP contribution in [0.3, 0.4) is 0 Å². The zero-order valence-corrected chi connectivity index (χ0v) is 15.8. The quantitative estimate of drug-likeness (QED) is 0.626. The molecular formula is C19H16N4O3S. The minimum atomic E-state index is -1.04. The first kappa shape index (κ1) is 18.6. The van der Waals surface area contributed by atoms with Crippen molar-refractivity contribution in [1.29, 1.82) is 5.26 Å². The molecule has 3 aromatic rings. The van der Waals surface area contributed by atoms with Crippen LogP contribution in [-0.4, -0.2) is 33.3 Å². The van der Waals surface area contributed by atoms with Gasteiger partial charge >= 0.3 is 5.97 Å². The van der Waals surface area contributed by atoms with E-state index < -0.39 is 24.3 Å². The molecule has 0 amide bonds. The minimum absolute atomic E-state index is 0.270. The number of hydrogen-bond donors (Lipinski definition) is 0. The summed E-state index contributed by atoms with van der Waals surface area (Å²) in [6.07, 6.45) is 0. The number of benzene rings is 1. The molecule has 3 rings (SSSR count). The lowest BCUT2D eigenvalue weighted by atomic mass is 10.1. The van der Waals surface area contributed by atoms with Crippen LogP contribution in [0, 0.1) is 32.1 Å². The van der Waals surface area contributed by atoms with Crippen molar-refractivity contribution in [3.8, 4) is 6.07 Å². The highest BCUT2D eigenvalue weighted by Crippen LogP contribution is 2.21. The number of ketones is 1. The number of hydrogen-bond acceptors (Lipinski definition) is 8. The number of carbonyl (C=O) groups excluding carboxylic acids is 2. The first-order chi connectivity index (χ1) is 12.9. The molecule has 0 saturated heterocycles. The molecule has 0 fully saturated rings. The van der Waals surface area contributed by atoms with Gasteiger partial charge in [-0.05, 0) is 39.0 Å². The SMILES string of the molecule is Cc1csc(C(C#N)C(=O)COC(=O)c2ccc3nc(C)c(C)nc3c2)n1. The number of thiazole rings is 1. The molecule has 0 spiro atoms. The van der Waals surface area contributed by atoms with Crippen molar-refractivity contribution in [2.45, 2.75) is 26.7 Å². The molecule has 1 aromatic carbocycles. The lowest BCUT2D eigenvalue weighted by Crippen LogP contribution is -2.20. The molecule has 0 aliphatic heterocycles. The van der Waals surface area contributed by atoms with Crippen LogP contribution in [0.5, 0.6) is 0 Å². The molecular weight excluding hydrogens is 364 g/mol. The van der Waals surface area contributed by atoms with Gasteiger partial charge in [0, 0.05) is 11.1 Å². The van der Waals surface area contributed by atoms with Gasteiger partial charge in [0.25, 0.3) is 0 Å². The standard InChI is InChI=1S/C19H16N4O3S/c1-10-9-27-18(21-10)14(7-20)17(24)8-26-19(25)13-4-5-15-16(6-13)23-12(3)11(2)22-15/h4-6,9,14H,8H2,1-3H3. The third-order valence-electron chi connectivity index (χ3n) is 3.99. The van der Waals surface area contributed by atoms with Gasteiger partial charge in [0.1, 0.15) is 5.01 Å². The number of fused-ring (bicyclic) bond motifs is 1. The summed E-state index contributed by atoms with van der Waals surface area (Å²) in [5.74, 6) is -2.20. The van der Waals surface area contributed by atoms with Crippen molar-refractivity contribution in [2.24, 2.45) is 0 Å². The fourth-order valence-electron chi connectivity index (χ4n) is 2.43.